The van der Waals surface area contributed by atoms with Gasteiger partial charge in [0.05, 0.1) is 16.9 Å². The highest BCUT2D eigenvalue weighted by Gasteiger charge is 2.35. The van der Waals surface area contributed by atoms with Crippen LogP contribution in [0.2, 0.25) is 0 Å². The first-order valence-electron chi connectivity index (χ1n) is 5.52. The first-order chi connectivity index (χ1) is 8.96. The van der Waals surface area contributed by atoms with E-state index in [1.54, 1.807) is 24.3 Å². The highest BCUT2D eigenvalue weighted by atomic mass is 32.2. The van der Waals surface area contributed by atoms with Crippen LogP contribution in [-0.4, -0.2) is 37.4 Å². The number of benzene rings is 1. The van der Waals surface area contributed by atoms with Crippen LogP contribution in [0.3, 0.4) is 0 Å². The Kier molecular flexibility index (Phi) is 3.39. The predicted octanol–water partition coefficient (Wildman–Crippen LogP) is 0.345. The normalized spacial score (nSPS) is 14.4. The molecule has 0 bridgehead atoms. The molecule has 2 amide bonds. The van der Waals surface area contributed by atoms with Gasteiger partial charge in [-0.3, -0.25) is 19.2 Å². The van der Waals surface area contributed by atoms with E-state index in [0.29, 0.717) is 11.1 Å². The zero-order valence-corrected chi connectivity index (χ0v) is 10.8. The quantitative estimate of drug-likeness (QED) is 0.789. The van der Waals surface area contributed by atoms with Crippen LogP contribution in [0.4, 0.5) is 0 Å². The number of carbonyl (C=O) groups excluding carboxylic acids is 2. The number of hydrogen-bond donors (Lipinski definition) is 1. The van der Waals surface area contributed by atoms with E-state index in [2.05, 4.69) is 11.3 Å². The van der Waals surface area contributed by atoms with E-state index in [4.69, 9.17) is 0 Å². The van der Waals surface area contributed by atoms with E-state index >= 15 is 0 Å². The van der Waals surface area contributed by atoms with Gasteiger partial charge in [-0.2, -0.15) is 0 Å². The van der Waals surface area contributed by atoms with Crippen LogP contribution in [0.5, 0.6) is 0 Å². The maximum atomic E-state index is 12.0. The van der Waals surface area contributed by atoms with Gasteiger partial charge in [0.2, 0.25) is 10.0 Å². The van der Waals surface area contributed by atoms with Crippen LogP contribution in [0, 0.1) is 0 Å². The third-order valence-corrected chi connectivity index (χ3v) is 3.97. The summed E-state index contributed by atoms with van der Waals surface area (Å²) in [6.07, 6.45) is 1.04. The molecule has 1 N–H and O–H groups in total. The Morgan fingerprint density at radius 1 is 1.16 bits per heavy atom. The van der Waals surface area contributed by atoms with Crippen molar-refractivity contribution in [1.29, 1.82) is 0 Å². The zero-order chi connectivity index (χ0) is 14.0. The largest absolute Gasteiger partial charge is 0.291 e. The van der Waals surface area contributed by atoms with Crippen LogP contribution < -0.4 is 4.72 Å². The summed E-state index contributed by atoms with van der Waals surface area (Å²) < 4.78 is 25.0. The number of hydrogen-bond acceptors (Lipinski definition) is 4. The number of sulfonamides is 1. The molecule has 1 aromatic carbocycles. The van der Waals surface area contributed by atoms with Gasteiger partial charge in [-0.1, -0.05) is 18.7 Å². The second-order valence-corrected chi connectivity index (χ2v) is 5.82. The molecule has 7 heteroatoms. The number of fused-ring (bicyclic) bond motifs is 1. The Labute approximate surface area is 110 Å². The third-order valence-electron chi connectivity index (χ3n) is 2.72. The van der Waals surface area contributed by atoms with Crippen molar-refractivity contribution in [2.24, 2.45) is 0 Å². The minimum Gasteiger partial charge on any atom is -0.291 e. The molecule has 6 nitrogen and oxygen atoms in total. The molecule has 0 saturated heterocycles. The summed E-state index contributed by atoms with van der Waals surface area (Å²) in [5.74, 6) is -1.28. The van der Waals surface area contributed by atoms with E-state index < -0.39 is 21.8 Å². The smallest absolute Gasteiger partial charge is 0.261 e. The molecular formula is C12H12N2O4S. The molecule has 0 aliphatic carbocycles. The van der Waals surface area contributed by atoms with Crippen LogP contribution >= 0.6 is 0 Å². The van der Waals surface area contributed by atoms with Gasteiger partial charge in [-0.15, -0.1) is 0 Å². The van der Waals surface area contributed by atoms with Gasteiger partial charge < -0.3 is 0 Å². The molecular weight excluding hydrogens is 268 g/mol. The van der Waals surface area contributed by atoms with Crippen molar-refractivity contribution in [3.63, 3.8) is 0 Å². The summed E-state index contributed by atoms with van der Waals surface area (Å²) in [5, 5.41) is 0. The summed E-state index contributed by atoms with van der Waals surface area (Å²) in [6.45, 7) is 3.07. The van der Waals surface area contributed by atoms with E-state index in [-0.39, 0.29) is 12.3 Å². The van der Waals surface area contributed by atoms with Gasteiger partial charge in [0.1, 0.15) is 0 Å². The molecule has 0 atom stereocenters. The van der Waals surface area contributed by atoms with Crippen molar-refractivity contribution >= 4 is 21.8 Å². The highest BCUT2D eigenvalue weighted by Crippen LogP contribution is 2.21. The van der Waals surface area contributed by atoms with Gasteiger partial charge in [0.25, 0.3) is 11.8 Å². The van der Waals surface area contributed by atoms with E-state index in [1.165, 1.54) is 0 Å². The monoisotopic (exact) mass is 280 g/mol. The minimum absolute atomic E-state index is 0.185. The third kappa shape index (κ3) is 2.50. The lowest BCUT2D eigenvalue weighted by atomic mass is 10.1. The lowest BCUT2D eigenvalue weighted by molar-refractivity contribution is 0.0664. The Morgan fingerprint density at radius 3 is 2.16 bits per heavy atom. The molecule has 0 unspecified atom stereocenters. The number of nitrogens with zero attached hydrogens (tertiary/aromatic N) is 1. The fraction of sp³-hybridized carbons (Fsp3) is 0.167. The van der Waals surface area contributed by atoms with Crippen LogP contribution in [0.1, 0.15) is 20.7 Å². The lowest BCUT2D eigenvalue weighted by Crippen LogP contribution is -2.36. The maximum absolute atomic E-state index is 12.0. The fourth-order valence-electron chi connectivity index (χ4n) is 1.84. The topological polar surface area (TPSA) is 83.6 Å². The standard InChI is InChI=1S/C12H12N2O4S/c1-2-13-19(17,18)8-7-14-11(15)9-5-3-4-6-10(9)12(14)16/h2-6,13H,1,7-8H2. The first kappa shape index (κ1) is 13.3. The molecule has 0 radical (unpaired) electrons. The average molecular weight is 280 g/mol. The van der Waals surface area contributed by atoms with Crippen molar-refractivity contribution in [1.82, 2.24) is 9.62 Å². The van der Waals surface area contributed by atoms with Crippen molar-refractivity contribution in [3.8, 4) is 0 Å². The number of rotatable bonds is 5. The van der Waals surface area contributed by atoms with Crippen molar-refractivity contribution < 1.29 is 18.0 Å². The molecule has 0 spiro atoms. The molecule has 100 valence electrons. The number of imide groups is 1. The molecule has 0 fully saturated rings. The van der Waals surface area contributed by atoms with Gasteiger partial charge in [0, 0.05) is 12.7 Å². The van der Waals surface area contributed by atoms with Gasteiger partial charge >= 0.3 is 0 Å². The number of carbonyl (C=O) groups is 2. The summed E-state index contributed by atoms with van der Waals surface area (Å²) in [5.41, 5.74) is 0.614. The maximum Gasteiger partial charge on any atom is 0.261 e. The Morgan fingerprint density at radius 2 is 1.68 bits per heavy atom. The van der Waals surface area contributed by atoms with Crippen LogP contribution in [0.15, 0.2) is 37.0 Å². The molecule has 1 aliphatic heterocycles. The Balaban J connectivity index is 2.15. The Bertz CT molecular complexity index is 616. The van der Waals surface area contributed by atoms with Crippen LogP contribution in [0.25, 0.3) is 0 Å². The predicted molar refractivity (Wildman–Crippen MR) is 68.9 cm³/mol. The summed E-state index contributed by atoms with van der Waals surface area (Å²) in [7, 11) is -3.57. The molecule has 1 heterocycles. The van der Waals surface area contributed by atoms with E-state index in [0.717, 1.165) is 11.1 Å². The molecule has 0 saturated carbocycles. The van der Waals surface area contributed by atoms with Crippen molar-refractivity contribution in [3.05, 3.63) is 48.2 Å². The molecule has 0 aromatic heterocycles. The SMILES string of the molecule is C=CNS(=O)(=O)CCN1C(=O)c2ccccc2C1=O. The van der Waals surface area contributed by atoms with Gasteiger partial charge in [0.15, 0.2) is 0 Å². The van der Waals surface area contributed by atoms with E-state index in [9.17, 15) is 18.0 Å². The first-order valence-corrected chi connectivity index (χ1v) is 7.17. The molecule has 19 heavy (non-hydrogen) atoms. The second-order valence-electron chi connectivity index (χ2n) is 3.95. The van der Waals surface area contributed by atoms with Crippen molar-refractivity contribution in [2.75, 3.05) is 12.3 Å². The highest BCUT2D eigenvalue weighted by molar-refractivity contribution is 7.89. The summed E-state index contributed by atoms with van der Waals surface area (Å²) >= 11 is 0. The second kappa shape index (κ2) is 4.85. The van der Waals surface area contributed by atoms with Crippen molar-refractivity contribution in [2.45, 2.75) is 0 Å². The average Bonchev–Trinajstić information content (AvgIpc) is 2.61. The molecule has 1 aromatic rings. The summed E-state index contributed by atoms with van der Waals surface area (Å²) in [4.78, 5) is 24.8. The zero-order valence-electron chi connectivity index (χ0n) is 10.00. The lowest BCUT2D eigenvalue weighted by Gasteiger charge is -2.13. The molecule has 1 aliphatic rings. The van der Waals surface area contributed by atoms with E-state index in [1.807, 2.05) is 0 Å². The fourth-order valence-corrected chi connectivity index (χ4v) is 2.63. The van der Waals surface area contributed by atoms with Gasteiger partial charge in [-0.25, -0.2) is 8.42 Å². The van der Waals surface area contributed by atoms with Crippen LogP contribution in [-0.2, 0) is 10.0 Å². The molecule has 2 rings (SSSR count). The number of amides is 2. The summed E-state index contributed by atoms with van der Waals surface area (Å²) in [6, 6.07) is 6.41. The Hall–Kier alpha value is -2.15. The van der Waals surface area contributed by atoms with Gasteiger partial charge in [-0.05, 0) is 12.1 Å². The minimum atomic E-state index is -3.57. The number of nitrogens with one attached hydrogen (secondary N) is 1.